The van der Waals surface area contributed by atoms with E-state index in [1.54, 1.807) is 0 Å². The van der Waals surface area contributed by atoms with Gasteiger partial charge >= 0.3 is 0 Å². The molecule has 0 radical (unpaired) electrons. The van der Waals surface area contributed by atoms with E-state index < -0.39 is 0 Å². The lowest BCUT2D eigenvalue weighted by Crippen LogP contribution is -2.60. The van der Waals surface area contributed by atoms with E-state index in [1.165, 1.54) is 98.9 Å². The molecule has 0 N–H and O–H groups in total. The number of anilines is 9. The highest BCUT2D eigenvalue weighted by Gasteiger charge is 2.46. The maximum absolute atomic E-state index is 6.33. The lowest BCUT2D eigenvalue weighted by molar-refractivity contribution is 0.589. The van der Waals surface area contributed by atoms with Gasteiger partial charge in [-0.25, -0.2) is 0 Å². The number of para-hydroxylation sites is 3. The van der Waals surface area contributed by atoms with Gasteiger partial charge in [0.15, 0.2) is 0 Å². The number of fused-ring (bicyclic) bond motifs is 7. The van der Waals surface area contributed by atoms with Crippen LogP contribution in [0.25, 0.3) is 32.4 Å². The van der Waals surface area contributed by atoms with Crippen molar-refractivity contribution >= 4 is 106 Å². The summed E-state index contributed by atoms with van der Waals surface area (Å²) in [5.74, 6) is 0.865. The second kappa shape index (κ2) is 16.4. The van der Waals surface area contributed by atoms with Gasteiger partial charge in [0.25, 0.3) is 6.71 Å². The summed E-state index contributed by atoms with van der Waals surface area (Å²) in [6.45, 7) is 25.4. The van der Waals surface area contributed by atoms with Crippen molar-refractivity contribution in [2.45, 2.75) is 87.0 Å². The van der Waals surface area contributed by atoms with Gasteiger partial charge in [0.1, 0.15) is 11.3 Å². The summed E-state index contributed by atoms with van der Waals surface area (Å²) in [6.07, 6.45) is 0. The quantitative estimate of drug-likeness (QED) is 0.155. The van der Waals surface area contributed by atoms with Crippen LogP contribution in [0.5, 0.6) is 0 Å². The molecule has 350 valence electrons. The van der Waals surface area contributed by atoms with Crippen LogP contribution in [0.1, 0.15) is 80.5 Å². The van der Waals surface area contributed by atoms with E-state index in [0.29, 0.717) is 0 Å². The first kappa shape index (κ1) is 44.9. The maximum Gasteiger partial charge on any atom is 0.264 e. The minimum absolute atomic E-state index is 0.00492. The Morgan fingerprint density at radius 2 is 1.11 bits per heavy atom. The van der Waals surface area contributed by atoms with E-state index in [4.69, 9.17) is 4.42 Å². The number of benzene rings is 8. The normalized spacial score (nSPS) is 13.2. The van der Waals surface area contributed by atoms with E-state index in [9.17, 15) is 0 Å². The molecule has 2 aromatic heterocycles. The van der Waals surface area contributed by atoms with Gasteiger partial charge in [-0.3, -0.25) is 0 Å². The zero-order valence-electron chi connectivity index (χ0n) is 42.8. The summed E-state index contributed by atoms with van der Waals surface area (Å²) in [5.41, 5.74) is 24.4. The summed E-state index contributed by atoms with van der Waals surface area (Å²) in [4.78, 5) is 7.68. The van der Waals surface area contributed by atoms with Crippen LogP contribution in [0.3, 0.4) is 0 Å². The second-order valence-electron chi connectivity index (χ2n) is 22.2. The van der Waals surface area contributed by atoms with Crippen LogP contribution in [-0.2, 0) is 10.8 Å². The zero-order valence-corrected chi connectivity index (χ0v) is 43.6. The largest absolute Gasteiger partial charge is 0.456 e. The van der Waals surface area contributed by atoms with Crippen molar-refractivity contribution in [1.29, 1.82) is 0 Å². The highest BCUT2D eigenvalue weighted by atomic mass is 32.1. The van der Waals surface area contributed by atoms with Gasteiger partial charge in [0.2, 0.25) is 0 Å². The van der Waals surface area contributed by atoms with Gasteiger partial charge in [-0.05, 0) is 180 Å². The summed E-state index contributed by atoms with van der Waals surface area (Å²) >= 11 is 1.97. The monoisotopic (exact) mass is 941 g/mol. The van der Waals surface area contributed by atoms with Crippen molar-refractivity contribution in [2.24, 2.45) is 0 Å². The third-order valence-electron chi connectivity index (χ3n) is 15.0. The number of nitrogens with zero attached hydrogens (tertiary/aromatic N) is 3. The van der Waals surface area contributed by atoms with E-state index in [2.05, 4.69) is 243 Å². The molecule has 0 bridgehead atoms. The average Bonchev–Trinajstić information content (AvgIpc) is 3.95. The summed E-state index contributed by atoms with van der Waals surface area (Å²) in [5, 5.41) is 2.42. The van der Waals surface area contributed by atoms with Crippen LogP contribution in [0.15, 0.2) is 168 Å². The molecule has 6 heteroatoms. The first-order valence-corrected chi connectivity index (χ1v) is 25.9. The molecule has 0 fully saturated rings. The van der Waals surface area contributed by atoms with Gasteiger partial charge in [0.05, 0.1) is 17.1 Å². The van der Waals surface area contributed by atoms with Crippen molar-refractivity contribution in [1.82, 2.24) is 0 Å². The molecule has 0 spiro atoms. The number of aryl methyl sites for hydroxylation is 5. The van der Waals surface area contributed by atoms with E-state index in [-0.39, 0.29) is 17.5 Å². The fourth-order valence-corrected chi connectivity index (χ4v) is 12.8. The fourth-order valence-electron chi connectivity index (χ4n) is 11.5. The molecule has 0 amide bonds. The van der Waals surface area contributed by atoms with Crippen molar-refractivity contribution in [3.63, 3.8) is 0 Å². The Bertz CT molecular complexity index is 3680. The van der Waals surface area contributed by atoms with Crippen LogP contribution >= 0.6 is 11.3 Å². The molecule has 12 rings (SSSR count). The lowest BCUT2D eigenvalue weighted by Gasteiger charge is -2.45. The molecule has 0 unspecified atom stereocenters. The van der Waals surface area contributed by atoms with E-state index >= 15 is 0 Å². The number of hydrogen-bond donors (Lipinski definition) is 0. The minimum Gasteiger partial charge on any atom is -0.456 e. The second-order valence-corrected chi connectivity index (χ2v) is 23.2. The molecular weight excluding hydrogens is 882 g/mol. The molecule has 0 saturated heterocycles. The maximum atomic E-state index is 6.33. The van der Waals surface area contributed by atoms with Crippen LogP contribution in [0, 0.1) is 34.6 Å². The third kappa shape index (κ3) is 7.32. The Balaban J connectivity index is 1.12. The summed E-state index contributed by atoms with van der Waals surface area (Å²) in [7, 11) is 0. The molecule has 0 atom stereocenters. The Hall–Kier alpha value is -7.28. The molecule has 10 aromatic rings. The molecule has 71 heavy (non-hydrogen) atoms. The molecule has 4 heterocycles. The average molecular weight is 942 g/mol. The Labute approximate surface area is 423 Å². The minimum atomic E-state index is -0.0114. The zero-order chi connectivity index (χ0) is 49.2. The number of furan rings is 1. The summed E-state index contributed by atoms with van der Waals surface area (Å²) < 4.78 is 9.04. The Morgan fingerprint density at radius 3 is 1.79 bits per heavy atom. The van der Waals surface area contributed by atoms with Gasteiger partial charge < -0.3 is 19.1 Å². The van der Waals surface area contributed by atoms with Crippen molar-refractivity contribution in [3.05, 3.63) is 203 Å². The predicted molar refractivity (Wildman–Crippen MR) is 307 cm³/mol. The molecule has 0 saturated carbocycles. The summed E-state index contributed by atoms with van der Waals surface area (Å²) in [6, 6.07) is 61.0. The van der Waals surface area contributed by atoms with E-state index in [0.717, 1.165) is 39.4 Å². The van der Waals surface area contributed by atoms with Gasteiger partial charge in [-0.15, -0.1) is 11.3 Å². The van der Waals surface area contributed by atoms with Crippen molar-refractivity contribution in [2.75, 3.05) is 14.7 Å². The smallest absolute Gasteiger partial charge is 0.264 e. The molecule has 2 aliphatic heterocycles. The van der Waals surface area contributed by atoms with Gasteiger partial charge in [-0.1, -0.05) is 120 Å². The van der Waals surface area contributed by atoms with Gasteiger partial charge in [0, 0.05) is 59.9 Å². The molecule has 4 nitrogen and oxygen atoms in total. The van der Waals surface area contributed by atoms with Gasteiger partial charge in [-0.2, -0.15) is 0 Å². The fraction of sp³-hybridized carbons (Fsp3) is 0.200. The standard InChI is InChI=1S/C65H60BN3OS/c1-39-32-54-59-55(33-39)69(61-42(4)34-47(35-43(61)5)65(9,10)11)62-51-37-46(64(6,7)8)26-31-58(51)71-63(62)66(59)52-30-29-50(38-53(52)68(54)60-40(2)18-17-19-41(60)3)67(48-21-13-12-14-22-48)49-27-24-44(25-28-49)57-36-45-20-15-16-23-56(45)70-57/h12-38H,1-11H3. The SMILES string of the molecule is Cc1cc2c3c(c1)N(c1c(C)cc(C(C)(C)C)cc1C)c1c(sc4ccc(C(C)(C)C)cc14)B3c1ccc(N(c3ccccc3)c3ccc(-c4cc5ccccc5o4)cc3)cc1N2c1c(C)cccc1C. The van der Waals surface area contributed by atoms with Crippen LogP contribution in [0.4, 0.5) is 51.2 Å². The topological polar surface area (TPSA) is 22.9 Å². The van der Waals surface area contributed by atoms with E-state index in [1.807, 2.05) is 23.5 Å². The number of rotatable bonds is 6. The Morgan fingerprint density at radius 1 is 0.493 bits per heavy atom. The van der Waals surface area contributed by atoms with Crippen molar-refractivity contribution < 1.29 is 4.42 Å². The van der Waals surface area contributed by atoms with Crippen LogP contribution in [-0.4, -0.2) is 6.71 Å². The van der Waals surface area contributed by atoms with Crippen LogP contribution in [0.2, 0.25) is 0 Å². The lowest BCUT2D eigenvalue weighted by atomic mass is 9.36. The Kier molecular flexibility index (Phi) is 10.4. The molecule has 0 aliphatic carbocycles. The highest BCUT2D eigenvalue weighted by molar-refractivity contribution is 7.33. The molecular formula is C65H60BN3OS. The third-order valence-corrected chi connectivity index (χ3v) is 16.2. The molecule has 2 aliphatic rings. The molecule has 8 aromatic carbocycles. The predicted octanol–water partition coefficient (Wildman–Crippen LogP) is 17.0. The first-order chi connectivity index (χ1) is 34.0. The highest BCUT2D eigenvalue weighted by Crippen LogP contribution is 2.52. The number of thiophene rings is 1. The number of hydrogen-bond acceptors (Lipinski definition) is 5. The first-order valence-electron chi connectivity index (χ1n) is 25.1. The van der Waals surface area contributed by atoms with Crippen molar-refractivity contribution in [3.8, 4) is 11.3 Å². The van der Waals surface area contributed by atoms with Crippen LogP contribution < -0.4 is 30.4 Å².